The van der Waals surface area contributed by atoms with Crippen LogP contribution in [-0.2, 0) is 4.79 Å². The fraction of sp³-hybridized carbons (Fsp3) is 0.200. The van der Waals surface area contributed by atoms with Gasteiger partial charge in [0.05, 0.1) is 11.6 Å². The lowest BCUT2D eigenvalue weighted by atomic mass is 10.3. The molecule has 0 bridgehead atoms. The predicted octanol–water partition coefficient (Wildman–Crippen LogP) is 1.67. The number of aliphatic carboxylic acids is 1. The third-order valence-electron chi connectivity index (χ3n) is 1.92. The number of amides is 2. The minimum absolute atomic E-state index is 0.384. The van der Waals surface area contributed by atoms with Gasteiger partial charge in [-0.05, 0) is 34.1 Å². The number of aliphatic hydroxyl groups is 1. The van der Waals surface area contributed by atoms with Crippen molar-refractivity contribution in [2.24, 2.45) is 0 Å². The molecule has 0 aliphatic carbocycles. The first-order valence-electron chi connectivity index (χ1n) is 4.81. The molecule has 6 nitrogen and oxygen atoms in total. The summed E-state index contributed by atoms with van der Waals surface area (Å²) >= 11 is 9.03. The molecule has 0 fully saturated rings. The number of benzene rings is 1. The third kappa shape index (κ3) is 4.52. The molecule has 0 unspecified atom stereocenters. The lowest BCUT2D eigenvalue weighted by Crippen LogP contribution is -2.38. The monoisotopic (exact) mass is 336 g/mol. The summed E-state index contributed by atoms with van der Waals surface area (Å²) in [5.74, 6) is -1.40. The average molecular weight is 338 g/mol. The minimum Gasteiger partial charge on any atom is -0.479 e. The molecule has 0 saturated carbocycles. The number of anilines is 1. The van der Waals surface area contributed by atoms with E-state index in [0.717, 1.165) is 0 Å². The van der Waals surface area contributed by atoms with E-state index in [9.17, 15) is 9.59 Å². The van der Waals surface area contributed by atoms with Crippen molar-refractivity contribution >= 4 is 45.2 Å². The van der Waals surface area contributed by atoms with Gasteiger partial charge in [-0.1, -0.05) is 11.6 Å². The maximum absolute atomic E-state index is 11.4. The van der Waals surface area contributed by atoms with E-state index in [1.807, 2.05) is 0 Å². The van der Waals surface area contributed by atoms with Gasteiger partial charge >= 0.3 is 12.0 Å². The van der Waals surface area contributed by atoms with Gasteiger partial charge in [0.2, 0.25) is 0 Å². The summed E-state index contributed by atoms with van der Waals surface area (Å²) in [6, 6.07) is 4.17. The van der Waals surface area contributed by atoms with Crippen molar-refractivity contribution in [1.82, 2.24) is 5.32 Å². The van der Waals surface area contributed by atoms with Gasteiger partial charge in [0.1, 0.15) is 0 Å². The van der Waals surface area contributed by atoms with Crippen LogP contribution in [0.5, 0.6) is 0 Å². The number of carboxylic acids is 1. The van der Waals surface area contributed by atoms with Crippen molar-refractivity contribution in [3.8, 4) is 0 Å². The Morgan fingerprint density at radius 3 is 2.67 bits per heavy atom. The van der Waals surface area contributed by atoms with Gasteiger partial charge in [-0.3, -0.25) is 0 Å². The Morgan fingerprint density at radius 2 is 2.11 bits per heavy atom. The van der Waals surface area contributed by atoms with E-state index in [2.05, 4.69) is 26.6 Å². The first kappa shape index (κ1) is 14.7. The molecule has 0 saturated heterocycles. The molecule has 0 aromatic heterocycles. The Labute approximate surface area is 116 Å². The van der Waals surface area contributed by atoms with E-state index < -0.39 is 18.1 Å². The highest BCUT2D eigenvalue weighted by molar-refractivity contribution is 9.10. The molecule has 2 amide bonds. The summed E-state index contributed by atoms with van der Waals surface area (Å²) in [6.45, 7) is -0.384. The number of hydrogen-bond donors (Lipinski definition) is 4. The van der Waals surface area contributed by atoms with Crippen molar-refractivity contribution in [1.29, 1.82) is 0 Å². The van der Waals surface area contributed by atoms with Crippen molar-refractivity contribution < 1.29 is 19.8 Å². The number of carboxylic acid groups (broad SMARTS) is 1. The van der Waals surface area contributed by atoms with E-state index in [-0.39, 0.29) is 6.54 Å². The molecule has 0 spiro atoms. The second kappa shape index (κ2) is 6.58. The lowest BCUT2D eigenvalue weighted by Gasteiger charge is -2.09. The molecular weight excluding hydrogens is 327 g/mol. The number of urea groups is 1. The molecule has 0 heterocycles. The second-order valence-corrected chi connectivity index (χ2v) is 4.58. The molecule has 4 N–H and O–H groups in total. The fourth-order valence-electron chi connectivity index (χ4n) is 1.03. The fourth-order valence-corrected chi connectivity index (χ4v) is 1.45. The maximum atomic E-state index is 11.4. The Balaban J connectivity index is 2.49. The van der Waals surface area contributed by atoms with Crippen molar-refractivity contribution in [3.05, 3.63) is 27.7 Å². The van der Waals surface area contributed by atoms with Crippen LogP contribution in [0, 0.1) is 0 Å². The summed E-state index contributed by atoms with van der Waals surface area (Å²) in [5.41, 5.74) is 0.450. The predicted molar refractivity (Wildman–Crippen MR) is 69.8 cm³/mol. The minimum atomic E-state index is -1.63. The Morgan fingerprint density at radius 1 is 1.44 bits per heavy atom. The molecule has 0 aliphatic heterocycles. The number of hydrogen-bond acceptors (Lipinski definition) is 3. The van der Waals surface area contributed by atoms with Gasteiger partial charge in [-0.15, -0.1) is 0 Å². The van der Waals surface area contributed by atoms with Gasteiger partial charge < -0.3 is 20.8 Å². The summed E-state index contributed by atoms with van der Waals surface area (Å²) in [7, 11) is 0. The van der Waals surface area contributed by atoms with E-state index in [0.29, 0.717) is 15.2 Å². The quantitative estimate of drug-likeness (QED) is 0.671. The van der Waals surface area contributed by atoms with Crippen LogP contribution in [0.4, 0.5) is 10.5 Å². The zero-order chi connectivity index (χ0) is 13.7. The zero-order valence-electron chi connectivity index (χ0n) is 8.98. The summed E-state index contributed by atoms with van der Waals surface area (Å²) in [5, 5.41) is 22.4. The van der Waals surface area contributed by atoms with Crippen LogP contribution in [0.25, 0.3) is 0 Å². The van der Waals surface area contributed by atoms with E-state index >= 15 is 0 Å². The number of nitrogens with one attached hydrogen (secondary N) is 2. The number of rotatable bonds is 4. The first-order chi connectivity index (χ1) is 8.40. The molecule has 1 aromatic rings. The molecule has 98 valence electrons. The largest absolute Gasteiger partial charge is 0.479 e. The number of halogens is 2. The molecule has 1 aromatic carbocycles. The van der Waals surface area contributed by atoms with Gasteiger partial charge in [-0.25, -0.2) is 9.59 Å². The van der Waals surface area contributed by atoms with Gasteiger partial charge in [0.25, 0.3) is 0 Å². The molecule has 8 heteroatoms. The standard InChI is InChI=1S/C10H10BrClN2O4/c11-6-2-1-5(3-7(6)12)14-10(18)13-4-8(15)9(16)17/h1-3,8,15H,4H2,(H,16,17)(H2,13,14,18)/t8-/m0/s1. The zero-order valence-corrected chi connectivity index (χ0v) is 11.3. The van der Waals surface area contributed by atoms with Crippen LogP contribution in [0.1, 0.15) is 0 Å². The average Bonchev–Trinajstić information content (AvgIpc) is 2.30. The van der Waals surface area contributed by atoms with Crippen LogP contribution in [0.2, 0.25) is 5.02 Å². The summed E-state index contributed by atoms with van der Waals surface area (Å²) in [6.07, 6.45) is -1.63. The Bertz CT molecular complexity index is 469. The first-order valence-corrected chi connectivity index (χ1v) is 5.98. The van der Waals surface area contributed by atoms with Gasteiger partial charge in [0.15, 0.2) is 6.10 Å². The normalized spacial score (nSPS) is 11.7. The molecule has 0 aliphatic rings. The highest BCUT2D eigenvalue weighted by Crippen LogP contribution is 2.25. The van der Waals surface area contributed by atoms with Crippen LogP contribution in [0.3, 0.4) is 0 Å². The van der Waals surface area contributed by atoms with Crippen LogP contribution in [-0.4, -0.2) is 34.9 Å². The van der Waals surface area contributed by atoms with E-state index in [4.69, 9.17) is 21.8 Å². The second-order valence-electron chi connectivity index (χ2n) is 3.32. The smallest absolute Gasteiger partial charge is 0.334 e. The molecule has 0 radical (unpaired) electrons. The number of carbonyl (C=O) groups excluding carboxylic acids is 1. The van der Waals surface area contributed by atoms with E-state index in [1.165, 1.54) is 6.07 Å². The number of carbonyl (C=O) groups is 2. The Hall–Kier alpha value is -1.31. The highest BCUT2D eigenvalue weighted by Gasteiger charge is 2.14. The van der Waals surface area contributed by atoms with Gasteiger partial charge in [0, 0.05) is 10.2 Å². The van der Waals surface area contributed by atoms with Crippen molar-refractivity contribution in [3.63, 3.8) is 0 Å². The van der Waals surface area contributed by atoms with Crippen LogP contribution < -0.4 is 10.6 Å². The van der Waals surface area contributed by atoms with Crippen molar-refractivity contribution in [2.75, 3.05) is 11.9 Å². The summed E-state index contributed by atoms with van der Waals surface area (Å²) in [4.78, 5) is 21.7. The Kier molecular flexibility index (Phi) is 5.39. The topological polar surface area (TPSA) is 98.7 Å². The molecular formula is C10H10BrClN2O4. The third-order valence-corrected chi connectivity index (χ3v) is 3.15. The maximum Gasteiger partial charge on any atom is 0.334 e. The lowest BCUT2D eigenvalue weighted by molar-refractivity contribution is -0.146. The molecule has 1 atom stereocenters. The van der Waals surface area contributed by atoms with E-state index in [1.54, 1.807) is 12.1 Å². The SMILES string of the molecule is O=C(NC[C@H](O)C(=O)O)Nc1ccc(Br)c(Cl)c1. The summed E-state index contributed by atoms with van der Waals surface area (Å²) < 4.78 is 0.691. The number of aliphatic hydroxyl groups excluding tert-OH is 1. The van der Waals surface area contributed by atoms with Gasteiger partial charge in [-0.2, -0.15) is 0 Å². The highest BCUT2D eigenvalue weighted by atomic mass is 79.9. The van der Waals surface area contributed by atoms with Crippen molar-refractivity contribution in [2.45, 2.75) is 6.10 Å². The molecule has 1 rings (SSSR count). The van der Waals surface area contributed by atoms with Crippen LogP contribution in [0.15, 0.2) is 22.7 Å². The van der Waals surface area contributed by atoms with Crippen LogP contribution >= 0.6 is 27.5 Å². The molecule has 18 heavy (non-hydrogen) atoms.